The van der Waals surface area contributed by atoms with Crippen LogP contribution in [0.5, 0.6) is 11.5 Å². The molecule has 0 atom stereocenters. The van der Waals surface area contributed by atoms with Gasteiger partial charge in [-0.05, 0) is 85.9 Å². The van der Waals surface area contributed by atoms with Gasteiger partial charge in [0.15, 0.2) is 6.61 Å². The third-order valence-corrected chi connectivity index (χ3v) is 5.64. The van der Waals surface area contributed by atoms with Crippen molar-refractivity contribution in [2.75, 3.05) is 13.2 Å². The molecule has 2 aromatic carbocycles. The molecule has 4 rings (SSSR count). The van der Waals surface area contributed by atoms with Gasteiger partial charge in [-0.15, -0.1) is 0 Å². The normalized spacial score (nSPS) is 15.2. The average Bonchev–Trinajstić information content (AvgIpc) is 3.56. The number of fused-ring (bicyclic) bond motifs is 1. The smallest absolute Gasteiger partial charge is 0.258 e. The van der Waals surface area contributed by atoms with E-state index in [1.807, 2.05) is 30.3 Å². The van der Waals surface area contributed by atoms with E-state index in [4.69, 9.17) is 4.74 Å². The Morgan fingerprint density at radius 1 is 1.03 bits per heavy atom. The summed E-state index contributed by atoms with van der Waals surface area (Å²) in [6.07, 6.45) is 6.98. The molecule has 2 aliphatic rings. The molecular weight excluding hydrogens is 380 g/mol. The van der Waals surface area contributed by atoms with E-state index in [-0.39, 0.29) is 24.2 Å². The van der Waals surface area contributed by atoms with Crippen molar-refractivity contribution in [1.82, 2.24) is 10.6 Å². The average molecular weight is 408 g/mol. The van der Waals surface area contributed by atoms with Crippen molar-refractivity contribution in [3.63, 3.8) is 0 Å². The van der Waals surface area contributed by atoms with Crippen LogP contribution in [0.25, 0.3) is 0 Å². The zero-order valence-corrected chi connectivity index (χ0v) is 17.1. The van der Waals surface area contributed by atoms with Crippen molar-refractivity contribution in [2.45, 2.75) is 51.0 Å². The summed E-state index contributed by atoms with van der Waals surface area (Å²) in [5.74, 6) is 0.366. The largest absolute Gasteiger partial charge is 0.507 e. The molecule has 0 saturated heterocycles. The fraction of sp³-hybridized carbons (Fsp3) is 0.417. The zero-order valence-electron chi connectivity index (χ0n) is 17.1. The van der Waals surface area contributed by atoms with Gasteiger partial charge in [-0.3, -0.25) is 9.59 Å². The summed E-state index contributed by atoms with van der Waals surface area (Å²) in [7, 11) is 0. The van der Waals surface area contributed by atoms with Gasteiger partial charge in [0, 0.05) is 12.6 Å². The summed E-state index contributed by atoms with van der Waals surface area (Å²) in [4.78, 5) is 24.2. The van der Waals surface area contributed by atoms with Crippen molar-refractivity contribution in [3.8, 4) is 11.5 Å². The van der Waals surface area contributed by atoms with Gasteiger partial charge >= 0.3 is 0 Å². The third-order valence-electron chi connectivity index (χ3n) is 5.64. The number of carbonyl (C=O) groups is 2. The number of amides is 2. The number of aromatic hydroxyl groups is 1. The Bertz CT molecular complexity index is 920. The lowest BCUT2D eigenvalue weighted by molar-refractivity contribution is -0.123. The van der Waals surface area contributed by atoms with Gasteiger partial charge in [-0.2, -0.15) is 0 Å². The molecule has 1 fully saturated rings. The topological polar surface area (TPSA) is 87.7 Å². The van der Waals surface area contributed by atoms with Crippen LogP contribution in [0.3, 0.4) is 0 Å². The molecule has 0 unspecified atom stereocenters. The van der Waals surface area contributed by atoms with Crippen molar-refractivity contribution in [3.05, 3.63) is 58.7 Å². The summed E-state index contributed by atoms with van der Waals surface area (Å²) < 4.78 is 5.50. The van der Waals surface area contributed by atoms with E-state index in [1.165, 1.54) is 5.56 Å². The highest BCUT2D eigenvalue weighted by Gasteiger charge is 2.23. The number of phenolic OH excluding ortho intramolecular Hbond substituents is 1. The maximum absolute atomic E-state index is 12.5. The predicted octanol–water partition coefficient (Wildman–Crippen LogP) is 2.90. The Morgan fingerprint density at radius 2 is 1.73 bits per heavy atom. The van der Waals surface area contributed by atoms with Crippen LogP contribution in [0, 0.1) is 0 Å². The number of rotatable bonds is 8. The SMILES string of the molecule is O=C(COc1ccc(CCNC(=O)c2cc3c(cc2O)CCCC3)cc1)NC1CC1. The van der Waals surface area contributed by atoms with Crippen LogP contribution in [-0.2, 0) is 24.1 Å². The van der Waals surface area contributed by atoms with Crippen LogP contribution in [0.15, 0.2) is 36.4 Å². The van der Waals surface area contributed by atoms with Gasteiger partial charge in [0.05, 0.1) is 5.56 Å². The van der Waals surface area contributed by atoms with Gasteiger partial charge in [0.1, 0.15) is 11.5 Å². The highest BCUT2D eigenvalue weighted by atomic mass is 16.5. The van der Waals surface area contributed by atoms with Gasteiger partial charge in [-0.25, -0.2) is 0 Å². The molecular formula is C24H28N2O4. The number of carbonyl (C=O) groups excluding carboxylic acids is 2. The quantitative estimate of drug-likeness (QED) is 0.627. The van der Waals surface area contributed by atoms with Crippen molar-refractivity contribution < 1.29 is 19.4 Å². The van der Waals surface area contributed by atoms with Gasteiger partial charge < -0.3 is 20.5 Å². The highest BCUT2D eigenvalue weighted by Crippen LogP contribution is 2.28. The minimum absolute atomic E-state index is 0.0240. The molecule has 6 nitrogen and oxygen atoms in total. The van der Waals surface area contributed by atoms with Crippen LogP contribution in [-0.4, -0.2) is 36.1 Å². The summed E-state index contributed by atoms with van der Waals surface area (Å²) >= 11 is 0. The molecule has 0 aromatic heterocycles. The molecule has 158 valence electrons. The molecule has 1 saturated carbocycles. The number of benzene rings is 2. The fourth-order valence-corrected chi connectivity index (χ4v) is 3.77. The first-order chi connectivity index (χ1) is 14.6. The molecule has 2 aliphatic carbocycles. The number of phenols is 1. The molecule has 0 heterocycles. The van der Waals surface area contributed by atoms with E-state index < -0.39 is 0 Å². The lowest BCUT2D eigenvalue weighted by atomic mass is 9.90. The standard InChI is InChI=1S/C24H28N2O4/c27-22-14-18-4-2-1-3-17(18)13-21(22)24(29)25-12-11-16-5-9-20(10-6-16)30-15-23(28)26-19-7-8-19/h5-6,9-10,13-14,19,27H,1-4,7-8,11-12,15H2,(H,25,29)(H,26,28). The maximum atomic E-state index is 12.5. The van der Waals surface area contributed by atoms with Crippen molar-refractivity contribution in [2.24, 2.45) is 0 Å². The molecule has 30 heavy (non-hydrogen) atoms. The first kappa shape index (κ1) is 20.3. The van der Waals surface area contributed by atoms with Crippen LogP contribution >= 0.6 is 0 Å². The number of nitrogens with one attached hydrogen (secondary N) is 2. The van der Waals surface area contributed by atoms with Crippen LogP contribution in [0.1, 0.15) is 52.7 Å². The van der Waals surface area contributed by atoms with Crippen molar-refractivity contribution in [1.29, 1.82) is 0 Å². The minimum Gasteiger partial charge on any atom is -0.507 e. The number of hydrogen-bond donors (Lipinski definition) is 3. The third kappa shape index (κ3) is 5.32. The van der Waals surface area contributed by atoms with E-state index in [1.54, 1.807) is 6.07 Å². The lowest BCUT2D eigenvalue weighted by Gasteiger charge is -2.17. The Balaban J connectivity index is 1.24. The second-order valence-electron chi connectivity index (χ2n) is 8.13. The molecule has 3 N–H and O–H groups in total. The number of ether oxygens (including phenoxy) is 1. The monoisotopic (exact) mass is 408 g/mol. The molecule has 0 bridgehead atoms. The Hall–Kier alpha value is -3.02. The molecule has 6 heteroatoms. The molecule has 2 aromatic rings. The Kier molecular flexibility index (Phi) is 6.21. The predicted molar refractivity (Wildman–Crippen MR) is 114 cm³/mol. The second kappa shape index (κ2) is 9.20. The van der Waals surface area contributed by atoms with Gasteiger partial charge in [0.25, 0.3) is 11.8 Å². The van der Waals surface area contributed by atoms with E-state index in [0.717, 1.165) is 49.7 Å². The van der Waals surface area contributed by atoms with Crippen LogP contribution in [0.4, 0.5) is 0 Å². The summed E-state index contributed by atoms with van der Waals surface area (Å²) in [6, 6.07) is 11.4. The Labute approximate surface area is 176 Å². The summed E-state index contributed by atoms with van der Waals surface area (Å²) in [6.45, 7) is 0.496. The Morgan fingerprint density at radius 3 is 2.43 bits per heavy atom. The van der Waals surface area contributed by atoms with E-state index in [9.17, 15) is 14.7 Å². The van der Waals surface area contributed by atoms with E-state index in [2.05, 4.69) is 10.6 Å². The van der Waals surface area contributed by atoms with E-state index in [0.29, 0.717) is 30.3 Å². The van der Waals surface area contributed by atoms with Crippen LogP contribution < -0.4 is 15.4 Å². The zero-order chi connectivity index (χ0) is 20.9. The van der Waals surface area contributed by atoms with E-state index >= 15 is 0 Å². The first-order valence-corrected chi connectivity index (χ1v) is 10.7. The fourth-order valence-electron chi connectivity index (χ4n) is 3.77. The number of hydrogen-bond acceptors (Lipinski definition) is 4. The molecule has 0 radical (unpaired) electrons. The molecule has 0 spiro atoms. The highest BCUT2D eigenvalue weighted by molar-refractivity contribution is 5.97. The van der Waals surface area contributed by atoms with Crippen molar-refractivity contribution >= 4 is 11.8 Å². The summed E-state index contributed by atoms with van der Waals surface area (Å²) in [5, 5.41) is 16.0. The van der Waals surface area contributed by atoms with Gasteiger partial charge in [0.2, 0.25) is 0 Å². The van der Waals surface area contributed by atoms with Gasteiger partial charge in [-0.1, -0.05) is 12.1 Å². The molecule has 2 amide bonds. The molecule has 0 aliphatic heterocycles. The first-order valence-electron chi connectivity index (χ1n) is 10.7. The summed E-state index contributed by atoms with van der Waals surface area (Å²) in [5.41, 5.74) is 3.73. The van der Waals surface area contributed by atoms with Crippen LogP contribution in [0.2, 0.25) is 0 Å². The number of aryl methyl sites for hydroxylation is 2. The maximum Gasteiger partial charge on any atom is 0.258 e. The lowest BCUT2D eigenvalue weighted by Crippen LogP contribution is -2.30. The minimum atomic E-state index is -0.248. The second-order valence-corrected chi connectivity index (χ2v) is 8.13.